The Balaban J connectivity index is 2.39. The van der Waals surface area contributed by atoms with Gasteiger partial charge >= 0.3 is 0 Å². The normalized spacial score (nSPS) is 23.5. The minimum atomic E-state index is -4.19. The molecule has 1 fully saturated rings. The standard InChI is InChI=1S/C13H18F2N2O3S/c1-17(11-4-2-3-5-12(11)18)21(19,20)13-7-10(16)8(14)6-9(13)15/h6-7,11-12,18H,2-5,16H2,1H3. The largest absolute Gasteiger partial charge is 0.396 e. The number of nitrogens with two attached hydrogens (primary N) is 1. The van der Waals surface area contributed by atoms with Crippen molar-refractivity contribution in [3.05, 3.63) is 23.8 Å². The molecule has 118 valence electrons. The van der Waals surface area contributed by atoms with Gasteiger partial charge in [0, 0.05) is 13.1 Å². The van der Waals surface area contributed by atoms with E-state index in [0.29, 0.717) is 18.9 Å². The van der Waals surface area contributed by atoms with Crippen LogP contribution in [0.4, 0.5) is 14.5 Å². The van der Waals surface area contributed by atoms with E-state index < -0.39 is 44.4 Å². The van der Waals surface area contributed by atoms with Crippen molar-refractivity contribution in [3.63, 3.8) is 0 Å². The van der Waals surface area contributed by atoms with Crippen molar-refractivity contribution in [2.24, 2.45) is 0 Å². The number of aliphatic hydroxyl groups excluding tert-OH is 1. The van der Waals surface area contributed by atoms with Crippen LogP contribution in [0.1, 0.15) is 25.7 Å². The van der Waals surface area contributed by atoms with Crippen LogP contribution in [0, 0.1) is 11.6 Å². The smallest absolute Gasteiger partial charge is 0.246 e. The number of rotatable bonds is 3. The van der Waals surface area contributed by atoms with Crippen LogP contribution in [0.25, 0.3) is 0 Å². The zero-order valence-electron chi connectivity index (χ0n) is 11.6. The highest BCUT2D eigenvalue weighted by molar-refractivity contribution is 7.89. The summed E-state index contributed by atoms with van der Waals surface area (Å²) in [4.78, 5) is -0.679. The lowest BCUT2D eigenvalue weighted by atomic mass is 9.93. The molecule has 0 bridgehead atoms. The van der Waals surface area contributed by atoms with Gasteiger partial charge in [0.05, 0.1) is 17.8 Å². The SMILES string of the molecule is CN(C1CCCCC1O)S(=O)(=O)c1cc(N)c(F)cc1F. The molecule has 0 radical (unpaired) electrons. The molecule has 8 heteroatoms. The van der Waals surface area contributed by atoms with Gasteiger partial charge in [-0.1, -0.05) is 12.8 Å². The van der Waals surface area contributed by atoms with Crippen LogP contribution >= 0.6 is 0 Å². The van der Waals surface area contributed by atoms with E-state index in [1.807, 2.05) is 0 Å². The lowest BCUT2D eigenvalue weighted by Crippen LogP contribution is -2.46. The van der Waals surface area contributed by atoms with Gasteiger partial charge in [-0.05, 0) is 18.9 Å². The van der Waals surface area contributed by atoms with Gasteiger partial charge in [-0.2, -0.15) is 4.31 Å². The fraction of sp³-hybridized carbons (Fsp3) is 0.538. The van der Waals surface area contributed by atoms with Crippen LogP contribution in [-0.4, -0.2) is 37.0 Å². The molecule has 5 nitrogen and oxygen atoms in total. The average molecular weight is 320 g/mol. The number of sulfonamides is 1. The Morgan fingerprint density at radius 3 is 2.48 bits per heavy atom. The number of hydrogen-bond acceptors (Lipinski definition) is 4. The maximum atomic E-state index is 13.8. The molecule has 0 amide bonds. The molecule has 1 aromatic rings. The molecule has 1 saturated carbocycles. The predicted octanol–water partition coefficient (Wildman–Crippen LogP) is 1.47. The van der Waals surface area contributed by atoms with Crippen molar-refractivity contribution in [1.29, 1.82) is 0 Å². The lowest BCUT2D eigenvalue weighted by molar-refractivity contribution is 0.0637. The molecule has 21 heavy (non-hydrogen) atoms. The summed E-state index contributed by atoms with van der Waals surface area (Å²) in [5.74, 6) is -2.20. The summed E-state index contributed by atoms with van der Waals surface area (Å²) in [6.45, 7) is 0. The molecule has 0 heterocycles. The van der Waals surface area contributed by atoms with Crippen molar-refractivity contribution in [3.8, 4) is 0 Å². The molecule has 3 N–H and O–H groups in total. The third-order valence-electron chi connectivity index (χ3n) is 3.87. The molecule has 2 atom stereocenters. The van der Waals surface area contributed by atoms with E-state index in [2.05, 4.69) is 0 Å². The summed E-state index contributed by atoms with van der Waals surface area (Å²) in [6.07, 6.45) is 1.81. The molecule has 0 saturated heterocycles. The molecule has 0 spiro atoms. The number of benzene rings is 1. The van der Waals surface area contributed by atoms with Crippen molar-refractivity contribution in [1.82, 2.24) is 4.31 Å². The van der Waals surface area contributed by atoms with E-state index in [4.69, 9.17) is 5.73 Å². The Morgan fingerprint density at radius 2 is 1.86 bits per heavy atom. The van der Waals surface area contributed by atoms with Gasteiger partial charge in [0.2, 0.25) is 10.0 Å². The quantitative estimate of drug-likeness (QED) is 0.826. The number of hydrogen-bond donors (Lipinski definition) is 2. The van der Waals surface area contributed by atoms with Gasteiger partial charge in [0.15, 0.2) is 0 Å². The summed E-state index contributed by atoms with van der Waals surface area (Å²) in [7, 11) is -2.90. The van der Waals surface area contributed by atoms with Gasteiger partial charge in [0.1, 0.15) is 16.5 Å². The Labute approximate surface area is 122 Å². The maximum Gasteiger partial charge on any atom is 0.246 e. The Kier molecular flexibility index (Phi) is 4.50. The van der Waals surface area contributed by atoms with E-state index in [9.17, 15) is 22.3 Å². The van der Waals surface area contributed by atoms with E-state index in [-0.39, 0.29) is 0 Å². The van der Waals surface area contributed by atoms with Crippen molar-refractivity contribution >= 4 is 15.7 Å². The van der Waals surface area contributed by atoms with E-state index in [0.717, 1.165) is 23.2 Å². The fourth-order valence-electron chi connectivity index (χ4n) is 2.59. The highest BCUT2D eigenvalue weighted by atomic mass is 32.2. The van der Waals surface area contributed by atoms with E-state index in [1.165, 1.54) is 7.05 Å². The van der Waals surface area contributed by atoms with Gasteiger partial charge < -0.3 is 10.8 Å². The predicted molar refractivity (Wildman–Crippen MR) is 74.0 cm³/mol. The summed E-state index contributed by atoms with van der Waals surface area (Å²) in [5, 5.41) is 9.93. The molecule has 1 aliphatic rings. The number of aliphatic hydroxyl groups is 1. The van der Waals surface area contributed by atoms with Gasteiger partial charge in [-0.3, -0.25) is 0 Å². The Hall–Kier alpha value is -1.25. The summed E-state index contributed by atoms with van der Waals surface area (Å²) >= 11 is 0. The zero-order valence-corrected chi connectivity index (χ0v) is 12.4. The number of nitrogen functional groups attached to an aromatic ring is 1. The Morgan fingerprint density at radius 1 is 1.24 bits per heavy atom. The van der Waals surface area contributed by atoms with Crippen LogP contribution in [0.3, 0.4) is 0 Å². The monoisotopic (exact) mass is 320 g/mol. The van der Waals surface area contributed by atoms with Gasteiger partial charge in [-0.15, -0.1) is 0 Å². The first-order chi connectivity index (χ1) is 9.75. The number of halogens is 2. The molecule has 2 rings (SSSR count). The van der Waals surface area contributed by atoms with Crippen LogP contribution in [0.5, 0.6) is 0 Å². The maximum absolute atomic E-state index is 13.8. The fourth-order valence-corrected chi connectivity index (χ4v) is 4.09. The molecular formula is C13H18F2N2O3S. The second kappa shape index (κ2) is 5.86. The average Bonchev–Trinajstić information content (AvgIpc) is 2.42. The summed E-state index contributed by atoms with van der Waals surface area (Å²) in [5.41, 5.74) is 4.88. The van der Waals surface area contributed by atoms with Crippen LogP contribution < -0.4 is 5.73 Å². The number of anilines is 1. The van der Waals surface area contributed by atoms with Crippen molar-refractivity contribution in [2.45, 2.75) is 42.7 Å². The third-order valence-corrected chi connectivity index (χ3v) is 5.77. The van der Waals surface area contributed by atoms with E-state index in [1.54, 1.807) is 0 Å². The summed E-state index contributed by atoms with van der Waals surface area (Å²) < 4.78 is 52.8. The lowest BCUT2D eigenvalue weighted by Gasteiger charge is -2.34. The first-order valence-electron chi connectivity index (χ1n) is 6.65. The zero-order chi connectivity index (χ0) is 15.8. The molecule has 0 aromatic heterocycles. The molecular weight excluding hydrogens is 302 g/mol. The molecule has 2 unspecified atom stereocenters. The number of likely N-dealkylation sites (N-methyl/N-ethyl adjacent to an activating group) is 1. The first kappa shape index (κ1) is 16.1. The molecule has 0 aliphatic heterocycles. The minimum Gasteiger partial charge on any atom is -0.396 e. The second-order valence-corrected chi connectivity index (χ2v) is 7.21. The highest BCUT2D eigenvalue weighted by Gasteiger charge is 2.35. The van der Waals surface area contributed by atoms with Gasteiger partial charge in [0.25, 0.3) is 0 Å². The minimum absolute atomic E-state index is 0.437. The molecule has 1 aromatic carbocycles. The van der Waals surface area contributed by atoms with Crippen molar-refractivity contribution in [2.75, 3.05) is 12.8 Å². The summed E-state index contributed by atoms with van der Waals surface area (Å²) in [6, 6.07) is 0.605. The highest BCUT2D eigenvalue weighted by Crippen LogP contribution is 2.29. The van der Waals surface area contributed by atoms with E-state index >= 15 is 0 Å². The van der Waals surface area contributed by atoms with Crippen LogP contribution in [-0.2, 0) is 10.0 Å². The van der Waals surface area contributed by atoms with Crippen LogP contribution in [0.2, 0.25) is 0 Å². The van der Waals surface area contributed by atoms with Crippen LogP contribution in [0.15, 0.2) is 17.0 Å². The second-order valence-electron chi connectivity index (χ2n) is 5.24. The van der Waals surface area contributed by atoms with Crippen molar-refractivity contribution < 1.29 is 22.3 Å². The Bertz CT molecular complexity index is 637. The number of nitrogens with zero attached hydrogens (tertiary/aromatic N) is 1. The van der Waals surface area contributed by atoms with Gasteiger partial charge in [-0.25, -0.2) is 17.2 Å². The topological polar surface area (TPSA) is 83.6 Å². The molecule has 1 aliphatic carbocycles. The third kappa shape index (κ3) is 3.02. The first-order valence-corrected chi connectivity index (χ1v) is 8.09.